The van der Waals surface area contributed by atoms with Crippen LogP contribution in [0.3, 0.4) is 0 Å². The van der Waals surface area contributed by atoms with Gasteiger partial charge in [-0.25, -0.2) is 4.79 Å². The Balaban J connectivity index is 1.73. The second-order valence-electron chi connectivity index (χ2n) is 6.72. The molecule has 3 rings (SSSR count). The van der Waals surface area contributed by atoms with E-state index >= 15 is 0 Å². The van der Waals surface area contributed by atoms with Crippen molar-refractivity contribution in [2.75, 3.05) is 32.7 Å². The first-order valence-electron chi connectivity index (χ1n) is 9.59. The van der Waals surface area contributed by atoms with E-state index < -0.39 is 29.6 Å². The second kappa shape index (κ2) is 11.9. The zero-order valence-corrected chi connectivity index (χ0v) is 23.1. The van der Waals surface area contributed by atoms with E-state index in [0.29, 0.717) is 26.3 Å². The number of halogens is 2. The van der Waals surface area contributed by atoms with Gasteiger partial charge in [0.2, 0.25) is 5.91 Å². The molecule has 3 amide bonds. The Morgan fingerprint density at radius 1 is 1.12 bits per heavy atom. The highest BCUT2D eigenvalue weighted by atomic mass is 127. The highest BCUT2D eigenvalue weighted by molar-refractivity contribution is 14.1. The molecule has 0 unspecified atom stereocenters. The van der Waals surface area contributed by atoms with Crippen LogP contribution in [0.5, 0.6) is 11.5 Å². The molecule has 0 saturated carbocycles. The van der Waals surface area contributed by atoms with Gasteiger partial charge in [-0.3, -0.25) is 19.3 Å². The van der Waals surface area contributed by atoms with Crippen molar-refractivity contribution in [1.82, 2.24) is 4.90 Å². The Hall–Kier alpha value is -2.33. The van der Waals surface area contributed by atoms with Crippen molar-refractivity contribution in [2.24, 2.45) is 0 Å². The third kappa shape index (κ3) is 6.63. The maximum absolute atomic E-state index is 12.8. The quantitative estimate of drug-likeness (QED) is 0.248. The summed E-state index contributed by atoms with van der Waals surface area (Å²) in [6, 6.07) is 10.5. The molecule has 1 heterocycles. The number of hydrogen-bond acceptors (Lipinski definition) is 8. The first kappa shape index (κ1) is 26.3. The molecule has 1 aliphatic heterocycles. The molecule has 2 aromatic carbocycles. The highest BCUT2D eigenvalue weighted by Gasteiger charge is 2.36. The number of hydrogen-bond donors (Lipinski definition) is 1. The summed E-state index contributed by atoms with van der Waals surface area (Å²) in [5, 5.41) is 2.14. The first-order valence-corrected chi connectivity index (χ1v) is 12.6. The predicted octanol–water partition coefficient (Wildman–Crippen LogP) is 4.13. The van der Waals surface area contributed by atoms with Gasteiger partial charge < -0.3 is 19.5 Å². The van der Waals surface area contributed by atoms with E-state index in [2.05, 4.69) is 32.6 Å². The van der Waals surface area contributed by atoms with Gasteiger partial charge in [-0.05, 0) is 105 Å². The minimum absolute atomic E-state index is 0.174. The maximum Gasteiger partial charge on any atom is 0.343 e. The molecule has 0 atom stereocenters. The van der Waals surface area contributed by atoms with E-state index in [1.807, 2.05) is 34.7 Å². The number of anilines is 1. The zero-order chi connectivity index (χ0) is 24.8. The van der Waals surface area contributed by atoms with Crippen LogP contribution in [-0.2, 0) is 19.1 Å². The molecule has 1 saturated heterocycles. The molecule has 0 spiro atoms. The van der Waals surface area contributed by atoms with Crippen LogP contribution in [0.25, 0.3) is 6.08 Å². The fraction of sp³-hybridized carbons (Fsp3) is 0.182. The summed E-state index contributed by atoms with van der Waals surface area (Å²) >= 11 is 4.91. The smallest absolute Gasteiger partial charge is 0.343 e. The van der Waals surface area contributed by atoms with Crippen molar-refractivity contribution in [3.63, 3.8) is 0 Å². The summed E-state index contributed by atoms with van der Waals surface area (Å²) in [6.07, 6.45) is 1.54. The number of thioether (sulfide) groups is 1. The lowest BCUT2D eigenvalue weighted by Gasteiger charge is -2.13. The minimum Gasteiger partial charge on any atom is -0.493 e. The Kier molecular flexibility index (Phi) is 9.18. The van der Waals surface area contributed by atoms with Crippen molar-refractivity contribution >= 4 is 91.7 Å². The molecule has 2 aromatic rings. The van der Waals surface area contributed by atoms with Gasteiger partial charge in [0, 0.05) is 9.26 Å². The van der Waals surface area contributed by atoms with E-state index in [1.165, 1.54) is 20.3 Å². The lowest BCUT2D eigenvalue weighted by molar-refractivity contribution is -0.143. The average molecular weight is 708 g/mol. The fourth-order valence-electron chi connectivity index (χ4n) is 2.82. The molecule has 178 valence electrons. The standard InChI is InChI=1S/C22H18I2N2O7S/c1-31-16-8-12(7-15(24)20(16)33-11-19(28)32-2)9-17-21(29)26(22(30)34-17)10-18(27)25-14-5-3-13(23)4-6-14/h3-9H,10-11H2,1-2H3,(H,25,27)/b17-9-. The molecule has 0 aliphatic carbocycles. The summed E-state index contributed by atoms with van der Waals surface area (Å²) in [5.74, 6) is -0.883. The van der Waals surface area contributed by atoms with E-state index in [4.69, 9.17) is 9.47 Å². The van der Waals surface area contributed by atoms with Crippen LogP contribution in [0.4, 0.5) is 10.5 Å². The van der Waals surface area contributed by atoms with Gasteiger partial charge in [-0.1, -0.05) is 0 Å². The molecule has 1 aliphatic rings. The first-order chi connectivity index (χ1) is 16.2. The lowest BCUT2D eigenvalue weighted by atomic mass is 10.2. The van der Waals surface area contributed by atoms with E-state index in [9.17, 15) is 19.2 Å². The van der Waals surface area contributed by atoms with Crippen LogP contribution in [0.2, 0.25) is 0 Å². The number of nitrogens with one attached hydrogen (secondary N) is 1. The molecule has 34 heavy (non-hydrogen) atoms. The summed E-state index contributed by atoms with van der Waals surface area (Å²) in [6.45, 7) is -0.680. The Morgan fingerprint density at radius 3 is 2.47 bits per heavy atom. The number of amides is 3. The maximum atomic E-state index is 12.8. The van der Waals surface area contributed by atoms with Crippen LogP contribution in [-0.4, -0.2) is 55.3 Å². The van der Waals surface area contributed by atoms with Crippen molar-refractivity contribution in [2.45, 2.75) is 0 Å². The molecule has 0 bridgehead atoms. The van der Waals surface area contributed by atoms with E-state index in [-0.39, 0.29) is 11.5 Å². The largest absolute Gasteiger partial charge is 0.493 e. The monoisotopic (exact) mass is 708 g/mol. The van der Waals surface area contributed by atoms with E-state index in [1.54, 1.807) is 24.3 Å². The number of benzene rings is 2. The average Bonchev–Trinajstić information content (AvgIpc) is 3.06. The van der Waals surface area contributed by atoms with Crippen molar-refractivity contribution < 1.29 is 33.4 Å². The summed E-state index contributed by atoms with van der Waals surface area (Å²) < 4.78 is 17.0. The molecule has 1 fully saturated rings. The SMILES string of the molecule is COC(=O)COc1c(I)cc(/C=C2\SC(=O)N(CC(=O)Nc3ccc(I)cc3)C2=O)cc1OC. The molecule has 0 aromatic heterocycles. The van der Waals surface area contributed by atoms with Crippen LogP contribution < -0.4 is 14.8 Å². The molecule has 0 radical (unpaired) electrons. The van der Waals surface area contributed by atoms with Gasteiger partial charge in [0.1, 0.15) is 6.54 Å². The van der Waals surface area contributed by atoms with Crippen LogP contribution >= 0.6 is 56.9 Å². The zero-order valence-electron chi connectivity index (χ0n) is 17.9. The summed E-state index contributed by atoms with van der Waals surface area (Å²) in [7, 11) is 2.70. The van der Waals surface area contributed by atoms with Gasteiger partial charge >= 0.3 is 5.97 Å². The predicted molar refractivity (Wildman–Crippen MR) is 144 cm³/mol. The number of esters is 1. The highest BCUT2D eigenvalue weighted by Crippen LogP contribution is 2.37. The minimum atomic E-state index is -0.562. The molecule has 12 heteroatoms. The number of imide groups is 1. The second-order valence-corrected chi connectivity index (χ2v) is 10.1. The molecular weight excluding hydrogens is 690 g/mol. The van der Waals surface area contributed by atoms with Gasteiger partial charge in [0.15, 0.2) is 18.1 Å². The number of ether oxygens (including phenoxy) is 3. The Bertz CT molecular complexity index is 1170. The van der Waals surface area contributed by atoms with Crippen molar-refractivity contribution in [3.05, 3.63) is 54.0 Å². The van der Waals surface area contributed by atoms with Gasteiger partial charge in [-0.15, -0.1) is 0 Å². The number of nitrogens with zero attached hydrogens (tertiary/aromatic N) is 1. The number of carbonyl (C=O) groups excluding carboxylic acids is 4. The third-order valence-electron chi connectivity index (χ3n) is 4.41. The fourth-order valence-corrected chi connectivity index (χ4v) is 4.80. The van der Waals surface area contributed by atoms with Crippen molar-refractivity contribution in [1.29, 1.82) is 0 Å². The summed E-state index contributed by atoms with van der Waals surface area (Å²) in [4.78, 5) is 50.0. The normalized spacial score (nSPS) is 14.4. The molecule has 9 nitrogen and oxygen atoms in total. The topological polar surface area (TPSA) is 111 Å². The van der Waals surface area contributed by atoms with E-state index in [0.717, 1.165) is 20.2 Å². The van der Waals surface area contributed by atoms with Gasteiger partial charge in [0.05, 0.1) is 22.7 Å². The molecular formula is C22H18I2N2O7S. The number of rotatable bonds is 8. The van der Waals surface area contributed by atoms with Crippen LogP contribution in [0.1, 0.15) is 5.56 Å². The summed E-state index contributed by atoms with van der Waals surface area (Å²) in [5.41, 5.74) is 1.16. The number of methoxy groups -OCH3 is 2. The van der Waals surface area contributed by atoms with Gasteiger partial charge in [-0.2, -0.15) is 0 Å². The van der Waals surface area contributed by atoms with Gasteiger partial charge in [0.25, 0.3) is 11.1 Å². The third-order valence-corrected chi connectivity index (χ3v) is 6.84. The number of carbonyl (C=O) groups is 4. The van der Waals surface area contributed by atoms with Crippen LogP contribution in [0.15, 0.2) is 41.3 Å². The molecule has 1 N–H and O–H groups in total. The van der Waals surface area contributed by atoms with Crippen molar-refractivity contribution in [3.8, 4) is 11.5 Å². The Morgan fingerprint density at radius 2 is 1.82 bits per heavy atom. The van der Waals surface area contributed by atoms with Crippen LogP contribution in [0, 0.1) is 7.14 Å². The lowest BCUT2D eigenvalue weighted by Crippen LogP contribution is -2.36. The Labute approximate surface area is 226 Å².